The summed E-state index contributed by atoms with van der Waals surface area (Å²) in [5.41, 5.74) is 5.71. The van der Waals surface area contributed by atoms with Gasteiger partial charge in [-0.1, -0.05) is 67.4 Å². The maximum absolute atomic E-state index is 13.9. The lowest BCUT2D eigenvalue weighted by Crippen LogP contribution is -2.28. The topological polar surface area (TPSA) is 51.1 Å². The van der Waals surface area contributed by atoms with Gasteiger partial charge >= 0.3 is 0 Å². The monoisotopic (exact) mass is 742 g/mol. The lowest BCUT2D eigenvalue weighted by atomic mass is 10.1. The van der Waals surface area contributed by atoms with Crippen LogP contribution in [0.1, 0.15) is 36.1 Å². The van der Waals surface area contributed by atoms with Gasteiger partial charge in [0, 0.05) is 0 Å². The molecule has 0 aromatic heterocycles. The minimum absolute atomic E-state index is 0.132. The number of aliphatic imine (C=N–C) groups is 1. The molecule has 0 atom stereocenters. The third kappa shape index (κ3) is 7.40. The van der Waals surface area contributed by atoms with Crippen molar-refractivity contribution in [1.82, 2.24) is 0 Å². The quantitative estimate of drug-likeness (QED) is 0.127. The molecule has 43 heavy (non-hydrogen) atoms. The summed E-state index contributed by atoms with van der Waals surface area (Å²) in [6, 6.07) is 25.4. The Morgan fingerprint density at radius 1 is 0.884 bits per heavy atom. The third-order valence-corrected chi connectivity index (χ3v) is 9.40. The van der Waals surface area contributed by atoms with Crippen LogP contribution in [0.3, 0.4) is 0 Å². The van der Waals surface area contributed by atoms with E-state index in [0.717, 1.165) is 38.9 Å². The molecule has 0 unspecified atom stereocenters. The van der Waals surface area contributed by atoms with E-state index in [1.807, 2.05) is 60.7 Å². The summed E-state index contributed by atoms with van der Waals surface area (Å²) in [6.07, 6.45) is 3.75. The largest absolute Gasteiger partial charge is 0.493 e. The van der Waals surface area contributed by atoms with E-state index in [2.05, 4.69) is 48.6 Å². The van der Waals surface area contributed by atoms with Crippen molar-refractivity contribution >= 4 is 86.1 Å². The van der Waals surface area contributed by atoms with E-state index in [4.69, 9.17) is 37.7 Å². The summed E-state index contributed by atoms with van der Waals surface area (Å²) in [4.78, 5) is 21.0. The van der Waals surface area contributed by atoms with Crippen molar-refractivity contribution in [1.29, 1.82) is 0 Å². The summed E-state index contributed by atoms with van der Waals surface area (Å²) in [7, 11) is 1.60. The van der Waals surface area contributed by atoms with Crippen molar-refractivity contribution in [2.45, 2.75) is 33.3 Å². The molecule has 4 aromatic carbocycles. The first kappa shape index (κ1) is 31.4. The van der Waals surface area contributed by atoms with Gasteiger partial charge in [0.1, 0.15) is 6.61 Å². The number of hydrogen-bond donors (Lipinski definition) is 0. The normalized spacial score (nSPS) is 15.0. The number of thioether (sulfide) groups is 1. The summed E-state index contributed by atoms with van der Waals surface area (Å²) < 4.78 is 12.7. The van der Waals surface area contributed by atoms with E-state index in [1.165, 1.54) is 22.9 Å². The fourth-order valence-corrected chi connectivity index (χ4v) is 6.58. The number of nitrogens with zero attached hydrogens (tertiary/aromatic N) is 2. The lowest BCUT2D eigenvalue weighted by molar-refractivity contribution is -0.113. The number of amidine groups is 1. The standard InChI is InChI=1S/C34H29Cl2IN2O3S/c1-4-21-6-11-25(12-7-21)38-34-39(26-13-8-22(5-2)9-14-26)33(40)31(43-34)19-24-17-29(37)32(30(18-24)41-3)42-20-23-10-15-27(35)28(36)16-23/h6-19H,4-5,20H2,1-3H3/b31-19-,38-34?. The second kappa shape index (κ2) is 14.2. The third-order valence-electron chi connectivity index (χ3n) is 6.90. The maximum Gasteiger partial charge on any atom is 0.271 e. The van der Waals surface area contributed by atoms with E-state index in [-0.39, 0.29) is 5.91 Å². The molecule has 5 rings (SSSR count). The Kier molecular flexibility index (Phi) is 10.4. The van der Waals surface area contributed by atoms with Crippen LogP contribution in [-0.4, -0.2) is 18.2 Å². The molecular weight excluding hydrogens is 714 g/mol. The summed E-state index contributed by atoms with van der Waals surface area (Å²) in [5.74, 6) is 1.04. The minimum Gasteiger partial charge on any atom is -0.493 e. The molecule has 1 aliphatic rings. The Labute approximate surface area is 280 Å². The fourth-order valence-electron chi connectivity index (χ4n) is 4.47. The first-order valence-electron chi connectivity index (χ1n) is 13.7. The Morgan fingerprint density at radius 2 is 1.53 bits per heavy atom. The second-order valence-electron chi connectivity index (χ2n) is 9.76. The Bertz CT molecular complexity index is 1710. The number of amides is 1. The number of halogens is 3. The molecule has 1 fully saturated rings. The highest BCUT2D eigenvalue weighted by Crippen LogP contribution is 2.40. The minimum atomic E-state index is -0.132. The van der Waals surface area contributed by atoms with E-state index in [0.29, 0.717) is 38.2 Å². The first-order chi connectivity index (χ1) is 20.8. The molecule has 4 aromatic rings. The molecule has 5 nitrogen and oxygen atoms in total. The SMILES string of the molecule is CCc1ccc(N=C2S/C(=C\c3cc(I)c(OCc4ccc(Cl)c(Cl)c4)c(OC)c3)C(=O)N2c2ccc(CC)cc2)cc1. The van der Waals surface area contributed by atoms with Gasteiger partial charge in [0.05, 0.1) is 37.0 Å². The van der Waals surface area contributed by atoms with Gasteiger partial charge in [-0.05, 0) is 124 Å². The maximum atomic E-state index is 13.9. The predicted octanol–water partition coefficient (Wildman–Crippen LogP) is 10.1. The van der Waals surface area contributed by atoms with Crippen molar-refractivity contribution in [3.05, 3.63) is 120 Å². The number of hydrogen-bond acceptors (Lipinski definition) is 5. The number of ether oxygens (including phenoxy) is 2. The van der Waals surface area contributed by atoms with Crippen LogP contribution in [0.5, 0.6) is 11.5 Å². The Hall–Kier alpha value is -2.98. The Morgan fingerprint density at radius 3 is 2.16 bits per heavy atom. The second-order valence-corrected chi connectivity index (χ2v) is 12.7. The van der Waals surface area contributed by atoms with E-state index in [1.54, 1.807) is 24.1 Å². The van der Waals surface area contributed by atoms with Gasteiger partial charge < -0.3 is 9.47 Å². The van der Waals surface area contributed by atoms with Crippen LogP contribution in [0.15, 0.2) is 88.8 Å². The van der Waals surface area contributed by atoms with Crippen LogP contribution in [0.4, 0.5) is 11.4 Å². The molecule has 0 aliphatic carbocycles. The lowest BCUT2D eigenvalue weighted by Gasteiger charge is -2.16. The van der Waals surface area contributed by atoms with Gasteiger partial charge in [-0.15, -0.1) is 0 Å². The van der Waals surface area contributed by atoms with Gasteiger partial charge in [-0.3, -0.25) is 9.69 Å². The van der Waals surface area contributed by atoms with Crippen LogP contribution in [0.2, 0.25) is 10.0 Å². The highest BCUT2D eigenvalue weighted by atomic mass is 127. The van der Waals surface area contributed by atoms with Crippen molar-refractivity contribution in [3.8, 4) is 11.5 Å². The number of aryl methyl sites for hydroxylation is 2. The number of benzene rings is 4. The van der Waals surface area contributed by atoms with Crippen LogP contribution >= 0.6 is 57.6 Å². The number of methoxy groups -OCH3 is 1. The fraction of sp³-hybridized carbons (Fsp3) is 0.176. The molecule has 1 heterocycles. The van der Waals surface area contributed by atoms with E-state index in [9.17, 15) is 4.79 Å². The molecule has 0 N–H and O–H groups in total. The molecule has 0 radical (unpaired) electrons. The zero-order valence-electron chi connectivity index (χ0n) is 23.9. The van der Waals surface area contributed by atoms with Gasteiger partial charge in [0.15, 0.2) is 16.7 Å². The summed E-state index contributed by atoms with van der Waals surface area (Å²) >= 11 is 15.8. The average Bonchev–Trinajstić information content (AvgIpc) is 3.31. The van der Waals surface area contributed by atoms with E-state index < -0.39 is 0 Å². The van der Waals surface area contributed by atoms with Crippen LogP contribution in [-0.2, 0) is 24.2 Å². The Balaban J connectivity index is 1.46. The van der Waals surface area contributed by atoms with E-state index >= 15 is 0 Å². The molecular formula is C34H29Cl2IN2O3S. The highest BCUT2D eigenvalue weighted by molar-refractivity contribution is 14.1. The van der Waals surface area contributed by atoms with Gasteiger partial charge in [0.25, 0.3) is 5.91 Å². The molecule has 0 bridgehead atoms. The number of carbonyl (C=O) groups is 1. The van der Waals surface area contributed by atoms with Gasteiger partial charge in [-0.2, -0.15) is 0 Å². The average molecular weight is 743 g/mol. The van der Waals surface area contributed by atoms with Crippen molar-refractivity contribution in [2.75, 3.05) is 12.0 Å². The van der Waals surface area contributed by atoms with Crippen molar-refractivity contribution < 1.29 is 14.3 Å². The number of anilines is 1. The van der Waals surface area contributed by atoms with Crippen LogP contribution in [0.25, 0.3) is 6.08 Å². The first-order valence-corrected chi connectivity index (χ1v) is 16.4. The van der Waals surface area contributed by atoms with Crippen LogP contribution < -0.4 is 14.4 Å². The number of rotatable bonds is 9. The molecule has 0 saturated carbocycles. The van der Waals surface area contributed by atoms with Gasteiger partial charge in [0.2, 0.25) is 0 Å². The smallest absolute Gasteiger partial charge is 0.271 e. The predicted molar refractivity (Wildman–Crippen MR) is 188 cm³/mol. The summed E-state index contributed by atoms with van der Waals surface area (Å²) in [5, 5.41) is 1.57. The molecule has 9 heteroatoms. The van der Waals surface area contributed by atoms with Gasteiger partial charge in [-0.25, -0.2) is 4.99 Å². The molecule has 0 spiro atoms. The molecule has 220 valence electrons. The van der Waals surface area contributed by atoms with Crippen molar-refractivity contribution in [2.24, 2.45) is 4.99 Å². The zero-order chi connectivity index (χ0) is 30.5. The zero-order valence-corrected chi connectivity index (χ0v) is 28.4. The molecule has 1 aliphatic heterocycles. The summed E-state index contributed by atoms with van der Waals surface area (Å²) in [6.45, 7) is 4.53. The highest BCUT2D eigenvalue weighted by Gasteiger charge is 2.35. The van der Waals surface area contributed by atoms with Crippen molar-refractivity contribution in [3.63, 3.8) is 0 Å². The molecule has 1 amide bonds. The molecule has 1 saturated heterocycles. The van der Waals surface area contributed by atoms with Crippen LogP contribution in [0, 0.1) is 3.57 Å². The number of carbonyl (C=O) groups excluding carboxylic acids is 1.